The van der Waals surface area contributed by atoms with E-state index in [0.717, 1.165) is 11.1 Å². The van der Waals surface area contributed by atoms with Gasteiger partial charge in [-0.2, -0.15) is 0 Å². The molecule has 0 bridgehead atoms. The Morgan fingerprint density at radius 1 is 0.958 bits per heavy atom. The van der Waals surface area contributed by atoms with Crippen LogP contribution in [-0.2, 0) is 24.2 Å². The summed E-state index contributed by atoms with van der Waals surface area (Å²) in [5.41, 5.74) is 1.65. The lowest BCUT2D eigenvalue weighted by atomic mass is 10.1. The molecule has 7 heteroatoms. The molecule has 0 fully saturated rings. The SMILES string of the molecule is O=S(O)c1cccc(CN(Cc2ccccc2)C(O)C(O)CO)c1. The molecule has 0 saturated carbocycles. The molecule has 3 unspecified atom stereocenters. The van der Waals surface area contributed by atoms with Gasteiger partial charge in [-0.15, -0.1) is 0 Å². The van der Waals surface area contributed by atoms with E-state index >= 15 is 0 Å². The molecule has 0 aliphatic heterocycles. The van der Waals surface area contributed by atoms with Gasteiger partial charge in [0.25, 0.3) is 0 Å². The van der Waals surface area contributed by atoms with E-state index in [2.05, 4.69) is 0 Å². The van der Waals surface area contributed by atoms with Gasteiger partial charge in [-0.05, 0) is 23.3 Å². The van der Waals surface area contributed by atoms with Crippen LogP contribution in [0.25, 0.3) is 0 Å². The fourth-order valence-corrected chi connectivity index (χ4v) is 2.83. The van der Waals surface area contributed by atoms with Gasteiger partial charge in [0.1, 0.15) is 12.3 Å². The molecule has 0 aliphatic carbocycles. The molecule has 24 heavy (non-hydrogen) atoms. The largest absolute Gasteiger partial charge is 0.394 e. The second kappa shape index (κ2) is 9.03. The van der Waals surface area contributed by atoms with Crippen molar-refractivity contribution in [3.05, 3.63) is 65.7 Å². The molecule has 0 radical (unpaired) electrons. The number of hydrogen-bond donors (Lipinski definition) is 4. The molecule has 2 aromatic carbocycles. The highest BCUT2D eigenvalue weighted by molar-refractivity contribution is 7.79. The first-order valence-electron chi connectivity index (χ1n) is 7.46. The van der Waals surface area contributed by atoms with E-state index in [-0.39, 0.29) is 11.4 Å². The monoisotopic (exact) mass is 351 g/mol. The van der Waals surface area contributed by atoms with Crippen molar-refractivity contribution < 1.29 is 24.1 Å². The number of nitrogens with zero attached hydrogens (tertiary/aromatic N) is 1. The first-order chi connectivity index (χ1) is 11.5. The lowest BCUT2D eigenvalue weighted by molar-refractivity contribution is -0.106. The first-order valence-corrected chi connectivity index (χ1v) is 8.56. The van der Waals surface area contributed by atoms with Gasteiger partial charge < -0.3 is 19.9 Å². The predicted molar refractivity (Wildman–Crippen MR) is 90.3 cm³/mol. The minimum atomic E-state index is -2.08. The first kappa shape index (κ1) is 18.7. The topological polar surface area (TPSA) is 101 Å². The van der Waals surface area contributed by atoms with Crippen LogP contribution < -0.4 is 0 Å². The highest BCUT2D eigenvalue weighted by Crippen LogP contribution is 2.16. The van der Waals surface area contributed by atoms with Crippen LogP contribution in [0, 0.1) is 0 Å². The van der Waals surface area contributed by atoms with E-state index in [9.17, 15) is 19.0 Å². The number of aliphatic hydroxyl groups is 3. The Labute approximate surface area is 143 Å². The van der Waals surface area contributed by atoms with Gasteiger partial charge in [-0.25, -0.2) is 4.21 Å². The zero-order valence-corrected chi connectivity index (χ0v) is 13.8. The summed E-state index contributed by atoms with van der Waals surface area (Å²) in [5.74, 6) is 0. The minimum absolute atomic E-state index is 0.248. The molecule has 2 aromatic rings. The normalized spacial score (nSPS) is 15.2. The van der Waals surface area contributed by atoms with Gasteiger partial charge in [0, 0.05) is 13.1 Å². The standard InChI is InChI=1S/C17H21NO5S/c19-12-16(20)17(21)18(10-13-5-2-1-3-6-13)11-14-7-4-8-15(9-14)24(22)23/h1-9,16-17,19-21H,10-12H2,(H,22,23). The second-order valence-electron chi connectivity index (χ2n) is 5.45. The third-order valence-corrected chi connectivity index (χ3v) is 4.28. The van der Waals surface area contributed by atoms with E-state index in [4.69, 9.17) is 5.11 Å². The number of rotatable bonds is 8. The van der Waals surface area contributed by atoms with E-state index < -0.39 is 30.0 Å². The number of aliphatic hydroxyl groups excluding tert-OH is 3. The zero-order chi connectivity index (χ0) is 17.5. The molecule has 2 rings (SSSR count). The van der Waals surface area contributed by atoms with Crippen molar-refractivity contribution in [2.75, 3.05) is 6.61 Å². The molecule has 0 heterocycles. The van der Waals surface area contributed by atoms with E-state index in [1.807, 2.05) is 30.3 Å². The maximum Gasteiger partial charge on any atom is 0.186 e. The molecule has 4 N–H and O–H groups in total. The third-order valence-electron chi connectivity index (χ3n) is 3.62. The third kappa shape index (κ3) is 5.20. The summed E-state index contributed by atoms with van der Waals surface area (Å²) < 4.78 is 20.4. The quantitative estimate of drug-likeness (QED) is 0.417. The van der Waals surface area contributed by atoms with Crippen LogP contribution in [0.5, 0.6) is 0 Å². The molecule has 0 aromatic heterocycles. The predicted octanol–water partition coefficient (Wildman–Crippen LogP) is 0.941. The van der Waals surface area contributed by atoms with Crippen molar-refractivity contribution in [1.82, 2.24) is 4.90 Å². The van der Waals surface area contributed by atoms with Crippen molar-refractivity contribution in [1.29, 1.82) is 0 Å². The zero-order valence-electron chi connectivity index (χ0n) is 13.0. The Hall–Kier alpha value is -1.61. The Morgan fingerprint density at radius 2 is 1.58 bits per heavy atom. The second-order valence-corrected chi connectivity index (χ2v) is 6.42. The summed E-state index contributed by atoms with van der Waals surface area (Å²) in [5, 5.41) is 29.1. The lowest BCUT2D eigenvalue weighted by Crippen LogP contribution is -2.44. The smallest absolute Gasteiger partial charge is 0.186 e. The highest BCUT2D eigenvalue weighted by atomic mass is 32.2. The van der Waals surface area contributed by atoms with Crippen LogP contribution in [0.2, 0.25) is 0 Å². The van der Waals surface area contributed by atoms with Crippen molar-refractivity contribution in [2.45, 2.75) is 30.3 Å². The summed E-state index contributed by atoms with van der Waals surface area (Å²) in [6.07, 6.45) is -2.57. The van der Waals surface area contributed by atoms with Crippen LogP contribution in [0.1, 0.15) is 11.1 Å². The van der Waals surface area contributed by atoms with Crippen molar-refractivity contribution in [3.8, 4) is 0 Å². The van der Waals surface area contributed by atoms with Gasteiger partial charge in [0.2, 0.25) is 0 Å². The highest BCUT2D eigenvalue weighted by Gasteiger charge is 2.23. The fraction of sp³-hybridized carbons (Fsp3) is 0.294. The van der Waals surface area contributed by atoms with Gasteiger partial charge in [0.15, 0.2) is 11.1 Å². The average molecular weight is 351 g/mol. The molecule has 6 nitrogen and oxygen atoms in total. The summed E-state index contributed by atoms with van der Waals surface area (Å²) in [6.45, 7) is 0.0385. The van der Waals surface area contributed by atoms with Gasteiger partial charge in [-0.1, -0.05) is 42.5 Å². The van der Waals surface area contributed by atoms with E-state index in [1.165, 1.54) is 0 Å². The van der Waals surface area contributed by atoms with E-state index in [1.54, 1.807) is 29.2 Å². The molecule has 0 spiro atoms. The molecule has 3 atom stereocenters. The van der Waals surface area contributed by atoms with E-state index in [0.29, 0.717) is 6.54 Å². The Balaban J connectivity index is 2.22. The Kier molecular flexibility index (Phi) is 7.04. The maximum atomic E-state index is 11.2. The van der Waals surface area contributed by atoms with Crippen LogP contribution >= 0.6 is 0 Å². The van der Waals surface area contributed by atoms with Gasteiger partial charge >= 0.3 is 0 Å². The number of benzene rings is 2. The average Bonchev–Trinajstić information content (AvgIpc) is 2.61. The Morgan fingerprint density at radius 3 is 2.21 bits per heavy atom. The van der Waals surface area contributed by atoms with Crippen LogP contribution in [0.4, 0.5) is 0 Å². The minimum Gasteiger partial charge on any atom is -0.394 e. The lowest BCUT2D eigenvalue weighted by Gasteiger charge is -2.30. The summed E-state index contributed by atoms with van der Waals surface area (Å²) in [6, 6.07) is 16.0. The van der Waals surface area contributed by atoms with Gasteiger partial charge in [0.05, 0.1) is 11.5 Å². The molecule has 0 aliphatic rings. The summed E-state index contributed by atoms with van der Waals surface area (Å²) in [4.78, 5) is 1.86. The summed E-state index contributed by atoms with van der Waals surface area (Å²) in [7, 11) is 0. The molecular formula is C17H21NO5S. The Bertz CT molecular complexity index is 667. The fourth-order valence-electron chi connectivity index (χ4n) is 2.39. The van der Waals surface area contributed by atoms with Gasteiger partial charge in [-0.3, -0.25) is 4.90 Å². The molecule has 0 amide bonds. The van der Waals surface area contributed by atoms with Crippen LogP contribution in [0.3, 0.4) is 0 Å². The molecular weight excluding hydrogens is 330 g/mol. The molecule has 0 saturated heterocycles. The van der Waals surface area contributed by atoms with Crippen LogP contribution in [-0.4, -0.2) is 47.9 Å². The van der Waals surface area contributed by atoms with Crippen molar-refractivity contribution in [3.63, 3.8) is 0 Å². The summed E-state index contributed by atoms with van der Waals surface area (Å²) >= 11 is -2.08. The number of hydrogen-bond acceptors (Lipinski definition) is 5. The van der Waals surface area contributed by atoms with Crippen LogP contribution in [0.15, 0.2) is 59.5 Å². The molecule has 130 valence electrons. The maximum absolute atomic E-state index is 11.2. The van der Waals surface area contributed by atoms with Crippen molar-refractivity contribution in [2.24, 2.45) is 0 Å². The van der Waals surface area contributed by atoms with Crippen molar-refractivity contribution >= 4 is 11.1 Å².